The summed E-state index contributed by atoms with van der Waals surface area (Å²) in [5.74, 6) is 0.915. The Morgan fingerprint density at radius 1 is 1.25 bits per heavy atom. The molecule has 3 heteroatoms. The molecule has 0 radical (unpaired) electrons. The van der Waals surface area contributed by atoms with Crippen LogP contribution in [-0.4, -0.2) is 24.4 Å². The van der Waals surface area contributed by atoms with Gasteiger partial charge >= 0.3 is 0 Å². The molecule has 0 heterocycles. The molecule has 0 fully saturated rings. The molecule has 1 rings (SSSR count). The molecular weight excluding hydrogens is 250 g/mol. The van der Waals surface area contributed by atoms with Crippen LogP contribution in [0.1, 0.15) is 46.1 Å². The van der Waals surface area contributed by atoms with Crippen LogP contribution in [0, 0.1) is 5.41 Å². The Balaban J connectivity index is 2.53. The maximum absolute atomic E-state index is 9.56. The van der Waals surface area contributed by atoms with Gasteiger partial charge in [0.2, 0.25) is 0 Å². The van der Waals surface area contributed by atoms with Crippen molar-refractivity contribution in [1.29, 1.82) is 0 Å². The van der Waals surface area contributed by atoms with Crippen molar-refractivity contribution >= 4 is 0 Å². The summed E-state index contributed by atoms with van der Waals surface area (Å²) in [4.78, 5) is 0. The smallest absolute Gasteiger partial charge is 0.120 e. The molecule has 0 aliphatic heterocycles. The van der Waals surface area contributed by atoms with E-state index in [9.17, 15) is 5.11 Å². The zero-order valence-electron chi connectivity index (χ0n) is 13.3. The second kappa shape index (κ2) is 8.28. The minimum atomic E-state index is 0.00600. The third kappa shape index (κ3) is 5.14. The van der Waals surface area contributed by atoms with E-state index in [2.05, 4.69) is 31.3 Å². The van der Waals surface area contributed by atoms with Crippen molar-refractivity contribution in [3.8, 4) is 5.75 Å². The van der Waals surface area contributed by atoms with E-state index in [0.29, 0.717) is 0 Å². The molecule has 0 bridgehead atoms. The van der Waals surface area contributed by atoms with E-state index in [4.69, 9.17) is 4.74 Å². The quantitative estimate of drug-likeness (QED) is 0.728. The van der Waals surface area contributed by atoms with Crippen LogP contribution < -0.4 is 10.1 Å². The Labute approximate surface area is 123 Å². The molecule has 2 N–H and O–H groups in total. The lowest BCUT2D eigenvalue weighted by atomic mass is 9.83. The number of aliphatic hydroxyl groups is 1. The van der Waals surface area contributed by atoms with E-state index in [1.54, 1.807) is 0 Å². The van der Waals surface area contributed by atoms with Crippen molar-refractivity contribution in [1.82, 2.24) is 5.32 Å². The maximum Gasteiger partial charge on any atom is 0.120 e. The van der Waals surface area contributed by atoms with Crippen LogP contribution in [-0.2, 0) is 6.54 Å². The first-order valence-electron chi connectivity index (χ1n) is 7.62. The fraction of sp³-hybridized carbons (Fsp3) is 0.647. The number of ether oxygens (including phenoxy) is 1. The minimum absolute atomic E-state index is 0.00600. The van der Waals surface area contributed by atoms with Crippen LogP contribution in [0.3, 0.4) is 0 Å². The molecule has 20 heavy (non-hydrogen) atoms. The Bertz CT molecular complexity index is 378. The number of hydrogen-bond acceptors (Lipinski definition) is 3. The van der Waals surface area contributed by atoms with E-state index < -0.39 is 0 Å². The first kappa shape index (κ1) is 17.0. The largest absolute Gasteiger partial charge is 0.491 e. The average molecular weight is 279 g/mol. The summed E-state index contributed by atoms with van der Waals surface area (Å²) >= 11 is 0. The maximum atomic E-state index is 9.56. The SMILES string of the molecule is CCC(CC)(CO)CNCc1cccc(OC(C)C)c1. The van der Waals surface area contributed by atoms with Crippen LogP contribution in [0.25, 0.3) is 0 Å². The van der Waals surface area contributed by atoms with E-state index in [0.717, 1.165) is 31.7 Å². The monoisotopic (exact) mass is 279 g/mol. The molecule has 114 valence electrons. The van der Waals surface area contributed by atoms with Crippen molar-refractivity contribution in [2.24, 2.45) is 5.41 Å². The van der Waals surface area contributed by atoms with E-state index in [-0.39, 0.29) is 18.1 Å². The van der Waals surface area contributed by atoms with Crippen LogP contribution >= 0.6 is 0 Å². The first-order chi connectivity index (χ1) is 9.55. The molecule has 0 saturated carbocycles. The highest BCUT2D eigenvalue weighted by Gasteiger charge is 2.24. The van der Waals surface area contributed by atoms with Gasteiger partial charge in [-0.3, -0.25) is 0 Å². The Kier molecular flexibility index (Phi) is 7.03. The minimum Gasteiger partial charge on any atom is -0.491 e. The lowest BCUT2D eigenvalue weighted by Crippen LogP contribution is -2.36. The molecule has 0 saturated heterocycles. The topological polar surface area (TPSA) is 41.5 Å². The first-order valence-corrected chi connectivity index (χ1v) is 7.62. The molecule has 0 amide bonds. The van der Waals surface area contributed by atoms with Gasteiger partial charge in [0.25, 0.3) is 0 Å². The second-order valence-corrected chi connectivity index (χ2v) is 5.78. The highest BCUT2D eigenvalue weighted by Crippen LogP contribution is 2.24. The van der Waals surface area contributed by atoms with Crippen molar-refractivity contribution in [2.75, 3.05) is 13.2 Å². The van der Waals surface area contributed by atoms with Crippen LogP contribution in [0.2, 0.25) is 0 Å². The van der Waals surface area contributed by atoms with Crippen LogP contribution in [0.5, 0.6) is 5.75 Å². The number of nitrogens with one attached hydrogen (secondary N) is 1. The molecule has 0 unspecified atom stereocenters. The van der Waals surface area contributed by atoms with Gasteiger partial charge in [0.05, 0.1) is 6.10 Å². The fourth-order valence-corrected chi connectivity index (χ4v) is 2.25. The molecule has 3 nitrogen and oxygen atoms in total. The van der Waals surface area contributed by atoms with E-state index >= 15 is 0 Å². The molecule has 1 aromatic carbocycles. The lowest BCUT2D eigenvalue weighted by molar-refractivity contribution is 0.113. The Morgan fingerprint density at radius 3 is 2.50 bits per heavy atom. The number of rotatable bonds is 9. The average Bonchev–Trinajstić information content (AvgIpc) is 2.44. The standard InChI is InChI=1S/C17H29NO2/c1-5-17(6-2,13-19)12-18-11-15-8-7-9-16(10-15)20-14(3)4/h7-10,14,18-19H,5-6,11-13H2,1-4H3. The zero-order chi connectivity index (χ0) is 15.0. The Hall–Kier alpha value is -1.06. The van der Waals surface area contributed by atoms with Gasteiger partial charge in [0.15, 0.2) is 0 Å². The van der Waals surface area contributed by atoms with Gasteiger partial charge in [0, 0.05) is 25.1 Å². The third-order valence-electron chi connectivity index (χ3n) is 3.93. The molecule has 1 aromatic rings. The van der Waals surface area contributed by atoms with E-state index in [1.165, 1.54) is 5.56 Å². The van der Waals surface area contributed by atoms with Gasteiger partial charge in [-0.1, -0.05) is 26.0 Å². The summed E-state index contributed by atoms with van der Waals surface area (Å²) < 4.78 is 5.70. The third-order valence-corrected chi connectivity index (χ3v) is 3.93. The molecule has 0 atom stereocenters. The summed E-state index contributed by atoms with van der Waals surface area (Å²) in [6.45, 7) is 10.2. The summed E-state index contributed by atoms with van der Waals surface area (Å²) in [6.07, 6.45) is 2.17. The van der Waals surface area contributed by atoms with Crippen molar-refractivity contribution < 1.29 is 9.84 Å². The van der Waals surface area contributed by atoms with Crippen LogP contribution in [0.15, 0.2) is 24.3 Å². The molecular formula is C17H29NO2. The van der Waals surface area contributed by atoms with Crippen molar-refractivity contribution in [3.63, 3.8) is 0 Å². The van der Waals surface area contributed by atoms with Crippen molar-refractivity contribution in [2.45, 2.75) is 53.2 Å². The highest BCUT2D eigenvalue weighted by molar-refractivity contribution is 5.28. The summed E-state index contributed by atoms with van der Waals surface area (Å²) in [6, 6.07) is 8.18. The number of aliphatic hydroxyl groups excluding tert-OH is 1. The van der Waals surface area contributed by atoms with Gasteiger partial charge in [0.1, 0.15) is 5.75 Å². The number of hydrogen-bond donors (Lipinski definition) is 2. The predicted octanol–water partition coefficient (Wildman–Crippen LogP) is 3.36. The second-order valence-electron chi connectivity index (χ2n) is 5.78. The van der Waals surface area contributed by atoms with Crippen molar-refractivity contribution in [3.05, 3.63) is 29.8 Å². The normalized spacial score (nSPS) is 11.9. The fourth-order valence-electron chi connectivity index (χ4n) is 2.25. The predicted molar refractivity (Wildman–Crippen MR) is 84.0 cm³/mol. The highest BCUT2D eigenvalue weighted by atomic mass is 16.5. The molecule has 0 aliphatic carbocycles. The van der Waals surface area contributed by atoms with E-state index in [1.807, 2.05) is 26.0 Å². The lowest BCUT2D eigenvalue weighted by Gasteiger charge is -2.29. The molecule has 0 spiro atoms. The summed E-state index contributed by atoms with van der Waals surface area (Å²) in [7, 11) is 0. The zero-order valence-corrected chi connectivity index (χ0v) is 13.3. The summed E-state index contributed by atoms with van der Waals surface area (Å²) in [5, 5.41) is 13.0. The number of benzene rings is 1. The van der Waals surface area contributed by atoms with Gasteiger partial charge in [-0.05, 0) is 44.4 Å². The van der Waals surface area contributed by atoms with Gasteiger partial charge in [-0.15, -0.1) is 0 Å². The Morgan fingerprint density at radius 2 is 1.95 bits per heavy atom. The van der Waals surface area contributed by atoms with Gasteiger partial charge in [-0.2, -0.15) is 0 Å². The van der Waals surface area contributed by atoms with Gasteiger partial charge < -0.3 is 15.2 Å². The molecule has 0 aliphatic rings. The molecule has 0 aromatic heterocycles. The summed E-state index contributed by atoms with van der Waals surface area (Å²) in [5.41, 5.74) is 1.22. The van der Waals surface area contributed by atoms with Crippen LogP contribution in [0.4, 0.5) is 0 Å². The van der Waals surface area contributed by atoms with Gasteiger partial charge in [-0.25, -0.2) is 0 Å².